The number of carbonyl (C=O) groups is 1. The van der Waals surface area contributed by atoms with Crippen LogP contribution in [0.15, 0.2) is 41.7 Å². The van der Waals surface area contributed by atoms with Crippen molar-refractivity contribution in [2.24, 2.45) is 4.99 Å². The van der Waals surface area contributed by atoms with E-state index >= 15 is 0 Å². The smallest absolute Gasteiger partial charge is 0.418 e. The standard InChI is InChI=1S/C14H16N2O2/c1-14(2,3)18-13(17)16-9-8-15-12-7-5-4-6-11(12)10-16/h4-10H,1-3H3. The molecule has 4 nitrogen and oxygen atoms in total. The third-order valence-corrected chi connectivity index (χ3v) is 2.26. The average Bonchev–Trinajstić information content (AvgIpc) is 2.48. The number of ether oxygens (including phenoxy) is 1. The molecule has 0 radical (unpaired) electrons. The average molecular weight is 244 g/mol. The Labute approximate surface area is 106 Å². The quantitative estimate of drug-likeness (QED) is 0.698. The molecule has 94 valence electrons. The van der Waals surface area contributed by atoms with Gasteiger partial charge in [-0.05, 0) is 26.8 Å². The van der Waals surface area contributed by atoms with Crippen LogP contribution in [0.3, 0.4) is 0 Å². The van der Waals surface area contributed by atoms with Gasteiger partial charge in [0.05, 0.1) is 5.36 Å². The first-order chi connectivity index (χ1) is 8.46. The molecule has 1 aliphatic heterocycles. The molecule has 0 fully saturated rings. The molecule has 0 saturated carbocycles. The number of para-hydroxylation sites is 1. The van der Waals surface area contributed by atoms with Gasteiger partial charge in [0.15, 0.2) is 0 Å². The minimum Gasteiger partial charge on any atom is -0.443 e. The molecule has 4 heteroatoms. The molecule has 0 saturated heterocycles. The van der Waals surface area contributed by atoms with Gasteiger partial charge in [0.25, 0.3) is 0 Å². The molecule has 1 aromatic carbocycles. The molecule has 0 unspecified atom stereocenters. The van der Waals surface area contributed by atoms with Crippen LogP contribution in [0.1, 0.15) is 20.8 Å². The Morgan fingerprint density at radius 3 is 2.72 bits per heavy atom. The Morgan fingerprint density at radius 2 is 2.00 bits per heavy atom. The molecule has 0 aromatic heterocycles. The van der Waals surface area contributed by atoms with Crippen molar-refractivity contribution in [1.29, 1.82) is 0 Å². The van der Waals surface area contributed by atoms with Crippen LogP contribution in [0.4, 0.5) is 4.79 Å². The van der Waals surface area contributed by atoms with Gasteiger partial charge in [-0.15, -0.1) is 0 Å². The fraction of sp³-hybridized carbons (Fsp3) is 0.286. The first kappa shape index (κ1) is 12.4. The number of amides is 1. The number of carbonyl (C=O) groups excluding carboxylic acids is 1. The molecule has 0 spiro atoms. The summed E-state index contributed by atoms with van der Waals surface area (Å²) in [6.07, 6.45) is 4.49. The molecule has 1 aliphatic rings. The van der Waals surface area contributed by atoms with E-state index in [-0.39, 0.29) is 0 Å². The summed E-state index contributed by atoms with van der Waals surface area (Å²) in [7, 11) is 0. The highest BCUT2D eigenvalue weighted by Gasteiger charge is 2.19. The van der Waals surface area contributed by atoms with E-state index in [4.69, 9.17) is 4.74 Å². The van der Waals surface area contributed by atoms with Crippen molar-refractivity contribution in [1.82, 2.24) is 4.90 Å². The molecule has 2 rings (SSSR count). The van der Waals surface area contributed by atoms with Crippen molar-refractivity contribution in [3.63, 3.8) is 0 Å². The predicted octanol–water partition coefficient (Wildman–Crippen LogP) is 1.77. The summed E-state index contributed by atoms with van der Waals surface area (Å²) < 4.78 is 5.31. The fourth-order valence-electron chi connectivity index (χ4n) is 1.52. The van der Waals surface area contributed by atoms with Crippen LogP contribution in [0, 0.1) is 0 Å². The van der Waals surface area contributed by atoms with Crippen LogP contribution in [0.25, 0.3) is 6.20 Å². The summed E-state index contributed by atoms with van der Waals surface area (Å²) in [5, 5.41) is 1.72. The monoisotopic (exact) mass is 244 g/mol. The summed E-state index contributed by atoms with van der Waals surface area (Å²) in [6, 6.07) is 7.62. The van der Waals surface area contributed by atoms with E-state index in [0.717, 1.165) is 10.6 Å². The maximum Gasteiger partial charge on any atom is 0.418 e. The topological polar surface area (TPSA) is 41.9 Å². The van der Waals surface area contributed by atoms with E-state index in [2.05, 4.69) is 4.99 Å². The molecule has 1 aromatic rings. The lowest BCUT2D eigenvalue weighted by Crippen LogP contribution is -2.33. The highest BCUT2D eigenvalue weighted by Crippen LogP contribution is 2.10. The first-order valence-corrected chi connectivity index (χ1v) is 5.78. The van der Waals surface area contributed by atoms with Gasteiger partial charge in [0.1, 0.15) is 5.60 Å². The molecule has 0 bridgehead atoms. The molecule has 1 heterocycles. The number of fused-ring (bicyclic) bond motifs is 1. The number of hydrogen-bond donors (Lipinski definition) is 0. The lowest BCUT2D eigenvalue weighted by Gasteiger charge is -2.22. The van der Waals surface area contributed by atoms with Crippen LogP contribution in [-0.4, -0.2) is 16.6 Å². The SMILES string of the molecule is CC(C)(C)OC(=O)N1C=CN=c2ccccc2=C1. The predicted molar refractivity (Wildman–Crippen MR) is 68.9 cm³/mol. The van der Waals surface area contributed by atoms with Gasteiger partial charge in [0, 0.05) is 23.8 Å². The van der Waals surface area contributed by atoms with Gasteiger partial charge >= 0.3 is 6.09 Å². The summed E-state index contributed by atoms with van der Waals surface area (Å²) in [4.78, 5) is 17.6. The maximum absolute atomic E-state index is 12.0. The fourth-order valence-corrected chi connectivity index (χ4v) is 1.52. The van der Waals surface area contributed by atoms with Crippen molar-refractivity contribution < 1.29 is 9.53 Å². The minimum atomic E-state index is -0.512. The van der Waals surface area contributed by atoms with Gasteiger partial charge in [-0.3, -0.25) is 9.89 Å². The summed E-state index contributed by atoms with van der Waals surface area (Å²) in [5.74, 6) is 0. The number of hydrogen-bond acceptors (Lipinski definition) is 3. The van der Waals surface area contributed by atoms with E-state index < -0.39 is 11.7 Å². The van der Waals surface area contributed by atoms with Gasteiger partial charge in [-0.1, -0.05) is 18.2 Å². The van der Waals surface area contributed by atoms with Gasteiger partial charge in [-0.25, -0.2) is 4.79 Å². The Bertz CT molecular complexity index is 597. The maximum atomic E-state index is 12.0. The van der Waals surface area contributed by atoms with E-state index in [1.165, 1.54) is 4.90 Å². The highest BCUT2D eigenvalue weighted by atomic mass is 16.6. The van der Waals surface area contributed by atoms with E-state index in [0.29, 0.717) is 0 Å². The Morgan fingerprint density at radius 1 is 1.28 bits per heavy atom. The van der Waals surface area contributed by atoms with Crippen LogP contribution >= 0.6 is 0 Å². The van der Waals surface area contributed by atoms with Crippen molar-refractivity contribution in [3.8, 4) is 0 Å². The first-order valence-electron chi connectivity index (χ1n) is 5.78. The van der Waals surface area contributed by atoms with E-state index in [1.807, 2.05) is 45.0 Å². The molecular formula is C14H16N2O2. The van der Waals surface area contributed by atoms with Crippen molar-refractivity contribution in [3.05, 3.63) is 47.2 Å². The second-order valence-corrected chi connectivity index (χ2v) is 5.00. The van der Waals surface area contributed by atoms with Crippen molar-refractivity contribution in [2.75, 3.05) is 0 Å². The van der Waals surface area contributed by atoms with Crippen LogP contribution in [-0.2, 0) is 4.74 Å². The van der Waals surface area contributed by atoms with Gasteiger partial charge in [0.2, 0.25) is 0 Å². The van der Waals surface area contributed by atoms with Crippen LogP contribution in [0.5, 0.6) is 0 Å². The molecule has 0 N–H and O–H groups in total. The largest absolute Gasteiger partial charge is 0.443 e. The minimum absolute atomic E-state index is 0.411. The molecule has 0 aliphatic carbocycles. The third kappa shape index (κ3) is 2.97. The zero-order valence-corrected chi connectivity index (χ0v) is 10.8. The van der Waals surface area contributed by atoms with E-state index in [9.17, 15) is 4.79 Å². The van der Waals surface area contributed by atoms with Crippen LogP contribution < -0.4 is 10.6 Å². The normalized spacial score (nSPS) is 14.1. The lowest BCUT2D eigenvalue weighted by atomic mass is 10.2. The molecular weight excluding hydrogens is 228 g/mol. The zero-order valence-electron chi connectivity index (χ0n) is 10.8. The summed E-state index contributed by atoms with van der Waals surface area (Å²) in [6.45, 7) is 5.51. The molecule has 0 atom stereocenters. The Balaban J connectivity index is 2.33. The van der Waals surface area contributed by atoms with E-state index in [1.54, 1.807) is 18.6 Å². The van der Waals surface area contributed by atoms with Crippen molar-refractivity contribution >= 4 is 12.3 Å². The van der Waals surface area contributed by atoms with Crippen molar-refractivity contribution in [2.45, 2.75) is 26.4 Å². The Hall–Kier alpha value is -2.10. The van der Waals surface area contributed by atoms with Crippen LogP contribution in [0.2, 0.25) is 0 Å². The number of nitrogens with zero attached hydrogens (tertiary/aromatic N) is 2. The second kappa shape index (κ2) is 4.64. The van der Waals surface area contributed by atoms with Gasteiger partial charge in [-0.2, -0.15) is 0 Å². The lowest BCUT2D eigenvalue weighted by molar-refractivity contribution is 0.0420. The zero-order chi connectivity index (χ0) is 13.2. The second-order valence-electron chi connectivity index (χ2n) is 5.00. The third-order valence-electron chi connectivity index (χ3n) is 2.26. The number of benzene rings is 1. The summed E-state index contributed by atoms with van der Waals surface area (Å²) in [5.41, 5.74) is -0.512. The molecule has 1 amide bonds. The Kier molecular flexibility index (Phi) is 3.19. The summed E-state index contributed by atoms with van der Waals surface area (Å²) >= 11 is 0. The highest BCUT2D eigenvalue weighted by molar-refractivity contribution is 5.74. The number of rotatable bonds is 0. The molecule has 18 heavy (non-hydrogen) atoms. The van der Waals surface area contributed by atoms with Gasteiger partial charge < -0.3 is 4.74 Å².